The van der Waals surface area contributed by atoms with Crippen molar-refractivity contribution >= 4 is 6.03 Å². The van der Waals surface area contributed by atoms with Crippen LogP contribution in [0.25, 0.3) is 0 Å². The largest absolute Gasteiger partial charge is 0.381 e. The van der Waals surface area contributed by atoms with Gasteiger partial charge < -0.3 is 15.0 Å². The molecule has 1 saturated carbocycles. The molecule has 144 valence electrons. The molecule has 1 saturated heterocycles. The Kier molecular flexibility index (Phi) is 6.95. The first-order chi connectivity index (χ1) is 12.7. The first-order valence-electron chi connectivity index (χ1n) is 10.4. The van der Waals surface area contributed by atoms with Gasteiger partial charge in [0.15, 0.2) is 0 Å². The van der Waals surface area contributed by atoms with Crippen LogP contribution in [0.15, 0.2) is 30.3 Å². The maximum absolute atomic E-state index is 12.8. The lowest BCUT2D eigenvalue weighted by Gasteiger charge is -2.39. The normalized spacial score (nSPS) is 21.4. The van der Waals surface area contributed by atoms with E-state index in [1.54, 1.807) is 0 Å². The SMILES string of the molecule is CN(C(=O)NCC1(c2ccccc2)CCOCC1)C1CCCCCCC1. The highest BCUT2D eigenvalue weighted by Crippen LogP contribution is 2.34. The van der Waals surface area contributed by atoms with E-state index in [0.29, 0.717) is 12.6 Å². The van der Waals surface area contributed by atoms with E-state index in [9.17, 15) is 4.79 Å². The zero-order chi connectivity index (χ0) is 18.2. The first kappa shape index (κ1) is 19.2. The Bertz CT molecular complexity index is 547. The van der Waals surface area contributed by atoms with E-state index in [1.165, 1.54) is 37.7 Å². The fourth-order valence-corrected chi connectivity index (χ4v) is 4.48. The molecule has 1 aromatic carbocycles. The van der Waals surface area contributed by atoms with Crippen LogP contribution in [0.5, 0.6) is 0 Å². The maximum atomic E-state index is 12.8. The summed E-state index contributed by atoms with van der Waals surface area (Å²) >= 11 is 0. The van der Waals surface area contributed by atoms with Gasteiger partial charge in [0.25, 0.3) is 0 Å². The molecule has 0 spiro atoms. The summed E-state index contributed by atoms with van der Waals surface area (Å²) < 4.78 is 5.60. The zero-order valence-electron chi connectivity index (χ0n) is 16.2. The summed E-state index contributed by atoms with van der Waals surface area (Å²) in [5.74, 6) is 0. The second-order valence-corrected chi connectivity index (χ2v) is 8.03. The Hall–Kier alpha value is -1.55. The minimum atomic E-state index is -0.00303. The standard InChI is InChI=1S/C22H34N2O2/c1-24(20-12-8-3-2-4-9-13-20)21(25)23-18-22(14-16-26-17-15-22)19-10-6-5-7-11-19/h5-7,10-11,20H,2-4,8-9,12-18H2,1H3,(H,23,25). The smallest absolute Gasteiger partial charge is 0.317 e. The Morgan fingerprint density at radius 3 is 2.35 bits per heavy atom. The Balaban J connectivity index is 1.62. The monoisotopic (exact) mass is 358 g/mol. The van der Waals surface area contributed by atoms with Gasteiger partial charge >= 0.3 is 6.03 Å². The van der Waals surface area contributed by atoms with E-state index in [4.69, 9.17) is 4.74 Å². The number of hydrogen-bond donors (Lipinski definition) is 1. The molecule has 0 aromatic heterocycles. The molecule has 3 rings (SSSR count). The van der Waals surface area contributed by atoms with Crippen LogP contribution in [0.4, 0.5) is 4.79 Å². The summed E-state index contributed by atoms with van der Waals surface area (Å²) in [5, 5.41) is 3.26. The first-order valence-corrected chi connectivity index (χ1v) is 10.4. The van der Waals surface area contributed by atoms with Crippen LogP contribution < -0.4 is 5.32 Å². The number of nitrogens with zero attached hydrogens (tertiary/aromatic N) is 1. The third-order valence-corrected chi connectivity index (χ3v) is 6.36. The van der Waals surface area contributed by atoms with Crippen molar-refractivity contribution < 1.29 is 9.53 Å². The molecule has 1 heterocycles. The van der Waals surface area contributed by atoms with Crippen LogP contribution in [0.3, 0.4) is 0 Å². The van der Waals surface area contributed by atoms with E-state index in [-0.39, 0.29) is 11.4 Å². The molecular weight excluding hydrogens is 324 g/mol. The molecule has 2 amide bonds. The Morgan fingerprint density at radius 2 is 1.69 bits per heavy atom. The average Bonchev–Trinajstić information content (AvgIpc) is 2.67. The molecule has 0 unspecified atom stereocenters. The molecule has 1 aliphatic carbocycles. The number of carbonyl (C=O) groups is 1. The van der Waals surface area contributed by atoms with Gasteiger partial charge in [0.05, 0.1) is 0 Å². The minimum absolute atomic E-state index is 0.00303. The van der Waals surface area contributed by atoms with Gasteiger partial charge in [-0.05, 0) is 31.2 Å². The summed E-state index contributed by atoms with van der Waals surface area (Å²) in [7, 11) is 1.97. The second kappa shape index (κ2) is 9.40. The Labute approximate surface area is 158 Å². The Morgan fingerprint density at radius 1 is 1.08 bits per heavy atom. The van der Waals surface area contributed by atoms with Crippen LogP contribution >= 0.6 is 0 Å². The predicted molar refractivity (Wildman–Crippen MR) is 105 cm³/mol. The van der Waals surface area contributed by atoms with Crippen molar-refractivity contribution in [1.82, 2.24) is 10.2 Å². The van der Waals surface area contributed by atoms with Crippen molar-refractivity contribution in [2.24, 2.45) is 0 Å². The minimum Gasteiger partial charge on any atom is -0.381 e. The van der Waals surface area contributed by atoms with Crippen LogP contribution in [-0.4, -0.2) is 43.8 Å². The number of carbonyl (C=O) groups excluding carboxylic acids is 1. The van der Waals surface area contributed by atoms with Crippen LogP contribution in [-0.2, 0) is 10.2 Å². The number of benzene rings is 1. The van der Waals surface area contributed by atoms with Gasteiger partial charge in [-0.15, -0.1) is 0 Å². The topological polar surface area (TPSA) is 41.6 Å². The van der Waals surface area contributed by atoms with Gasteiger partial charge in [0.2, 0.25) is 0 Å². The van der Waals surface area contributed by atoms with Gasteiger partial charge in [-0.25, -0.2) is 4.79 Å². The average molecular weight is 359 g/mol. The quantitative estimate of drug-likeness (QED) is 0.862. The van der Waals surface area contributed by atoms with E-state index in [1.807, 2.05) is 11.9 Å². The van der Waals surface area contributed by atoms with Crippen LogP contribution in [0.2, 0.25) is 0 Å². The van der Waals surface area contributed by atoms with Crippen molar-refractivity contribution in [3.63, 3.8) is 0 Å². The third kappa shape index (κ3) is 4.79. The van der Waals surface area contributed by atoms with E-state index in [2.05, 4.69) is 35.6 Å². The summed E-state index contributed by atoms with van der Waals surface area (Å²) in [6, 6.07) is 11.1. The number of rotatable bonds is 4. The summed E-state index contributed by atoms with van der Waals surface area (Å²) in [6.07, 6.45) is 10.7. The number of hydrogen-bond acceptors (Lipinski definition) is 2. The van der Waals surface area contributed by atoms with Gasteiger partial charge in [0.1, 0.15) is 0 Å². The van der Waals surface area contributed by atoms with Crippen molar-refractivity contribution in [3.05, 3.63) is 35.9 Å². The maximum Gasteiger partial charge on any atom is 0.317 e. The molecule has 4 heteroatoms. The fourth-order valence-electron chi connectivity index (χ4n) is 4.48. The molecular formula is C22H34N2O2. The van der Waals surface area contributed by atoms with E-state index < -0.39 is 0 Å². The fraction of sp³-hybridized carbons (Fsp3) is 0.682. The molecule has 0 radical (unpaired) electrons. The summed E-state index contributed by atoms with van der Waals surface area (Å²) in [5.41, 5.74) is 1.31. The van der Waals surface area contributed by atoms with Crippen molar-refractivity contribution in [2.45, 2.75) is 69.2 Å². The molecule has 4 nitrogen and oxygen atoms in total. The van der Waals surface area contributed by atoms with Crippen molar-refractivity contribution in [1.29, 1.82) is 0 Å². The van der Waals surface area contributed by atoms with Crippen LogP contribution in [0, 0.1) is 0 Å². The third-order valence-electron chi connectivity index (χ3n) is 6.36. The summed E-state index contributed by atoms with van der Waals surface area (Å²) in [6.45, 7) is 2.22. The highest BCUT2D eigenvalue weighted by Gasteiger charge is 2.35. The molecule has 2 fully saturated rings. The molecule has 26 heavy (non-hydrogen) atoms. The number of ether oxygens (including phenoxy) is 1. The lowest BCUT2D eigenvalue weighted by molar-refractivity contribution is 0.0499. The molecule has 0 atom stereocenters. The molecule has 1 aromatic rings. The predicted octanol–water partition coefficient (Wildman–Crippen LogP) is 4.49. The molecule has 2 aliphatic rings. The number of amides is 2. The molecule has 0 bridgehead atoms. The zero-order valence-corrected chi connectivity index (χ0v) is 16.2. The highest BCUT2D eigenvalue weighted by molar-refractivity contribution is 5.74. The summed E-state index contributed by atoms with van der Waals surface area (Å²) in [4.78, 5) is 14.8. The van der Waals surface area contributed by atoms with E-state index in [0.717, 1.165) is 38.9 Å². The van der Waals surface area contributed by atoms with Gasteiger partial charge in [-0.1, -0.05) is 62.4 Å². The lowest BCUT2D eigenvalue weighted by atomic mass is 9.74. The molecule has 1 N–H and O–H groups in total. The number of nitrogens with one attached hydrogen (secondary N) is 1. The lowest BCUT2D eigenvalue weighted by Crippen LogP contribution is -2.50. The molecule has 1 aliphatic heterocycles. The number of urea groups is 1. The second-order valence-electron chi connectivity index (χ2n) is 8.03. The van der Waals surface area contributed by atoms with Crippen LogP contribution in [0.1, 0.15) is 63.4 Å². The van der Waals surface area contributed by atoms with Crippen molar-refractivity contribution in [2.75, 3.05) is 26.8 Å². The van der Waals surface area contributed by atoms with Gasteiger partial charge in [-0.2, -0.15) is 0 Å². The van der Waals surface area contributed by atoms with Crippen molar-refractivity contribution in [3.8, 4) is 0 Å². The highest BCUT2D eigenvalue weighted by atomic mass is 16.5. The van der Waals surface area contributed by atoms with Gasteiger partial charge in [0, 0.05) is 38.3 Å². The van der Waals surface area contributed by atoms with Gasteiger partial charge in [-0.3, -0.25) is 0 Å². The van der Waals surface area contributed by atoms with E-state index >= 15 is 0 Å².